The average Bonchev–Trinajstić information content (AvgIpc) is 3.42. The first kappa shape index (κ1) is 18.8. The van der Waals surface area contributed by atoms with Gasteiger partial charge in [-0.1, -0.05) is 37.5 Å². The summed E-state index contributed by atoms with van der Waals surface area (Å²) in [7, 11) is -3.58. The van der Waals surface area contributed by atoms with E-state index in [4.69, 9.17) is 0 Å². The Morgan fingerprint density at radius 2 is 1.66 bits per heavy atom. The van der Waals surface area contributed by atoms with Crippen molar-refractivity contribution in [2.45, 2.75) is 61.8 Å². The summed E-state index contributed by atoms with van der Waals surface area (Å²) in [6.07, 6.45) is 9.75. The highest BCUT2D eigenvalue weighted by Gasteiger charge is 2.38. The van der Waals surface area contributed by atoms with E-state index < -0.39 is 10.0 Å². The average molecular weight is 411 g/mol. The van der Waals surface area contributed by atoms with Crippen molar-refractivity contribution in [2.24, 2.45) is 0 Å². The molecule has 29 heavy (non-hydrogen) atoms. The van der Waals surface area contributed by atoms with E-state index in [1.165, 1.54) is 37.7 Å². The molecule has 3 heterocycles. The molecule has 1 saturated heterocycles. The van der Waals surface area contributed by atoms with Gasteiger partial charge in [-0.15, -0.1) is 10.2 Å². The summed E-state index contributed by atoms with van der Waals surface area (Å²) in [6.45, 7) is 0.513. The molecule has 1 aromatic carbocycles. The fraction of sp³-hybridized carbons (Fsp3) is 0.455. The molecule has 0 N–H and O–H groups in total. The Hall–Kier alpha value is -2.25. The number of aromatic nitrogens is 3. The molecule has 6 nitrogen and oxygen atoms in total. The standard InChI is InChI=1S/C22H26N4O2S/c27-29(28,19-13-11-18(12-14-19)17-7-2-1-3-8-17)26-16-6-9-20(26)22-24-23-21-10-4-5-15-25(21)22/h4-5,10-15,17,20H,1-3,6-9,16H2/t20-/m1/s1. The van der Waals surface area contributed by atoms with Crippen LogP contribution >= 0.6 is 0 Å². The molecule has 152 valence electrons. The third-order valence-corrected chi connectivity index (χ3v) is 8.33. The summed E-state index contributed by atoms with van der Waals surface area (Å²) in [4.78, 5) is 0.373. The highest BCUT2D eigenvalue weighted by Crippen LogP contribution is 2.37. The van der Waals surface area contributed by atoms with Crippen molar-refractivity contribution < 1.29 is 8.42 Å². The zero-order valence-electron chi connectivity index (χ0n) is 16.4. The molecular formula is C22H26N4O2S. The predicted octanol–water partition coefficient (Wildman–Crippen LogP) is 4.30. The number of sulfonamides is 1. The quantitative estimate of drug-likeness (QED) is 0.643. The first-order valence-electron chi connectivity index (χ1n) is 10.6. The zero-order valence-corrected chi connectivity index (χ0v) is 17.3. The Bertz CT molecular complexity index is 1100. The molecule has 1 aliphatic heterocycles. The zero-order chi connectivity index (χ0) is 19.8. The smallest absolute Gasteiger partial charge is 0.243 e. The summed E-state index contributed by atoms with van der Waals surface area (Å²) in [5.74, 6) is 1.27. The normalized spacial score (nSPS) is 21.7. The molecule has 0 spiro atoms. The largest absolute Gasteiger partial charge is 0.285 e. The van der Waals surface area contributed by atoms with Crippen LogP contribution in [0.4, 0.5) is 0 Å². The molecule has 7 heteroatoms. The lowest BCUT2D eigenvalue weighted by atomic mass is 9.84. The van der Waals surface area contributed by atoms with E-state index in [-0.39, 0.29) is 6.04 Å². The van der Waals surface area contributed by atoms with Crippen molar-refractivity contribution in [3.63, 3.8) is 0 Å². The number of hydrogen-bond acceptors (Lipinski definition) is 4. The van der Waals surface area contributed by atoms with Gasteiger partial charge in [0.1, 0.15) is 0 Å². The summed E-state index contributed by atoms with van der Waals surface area (Å²) in [6, 6.07) is 13.0. The van der Waals surface area contributed by atoms with Gasteiger partial charge in [-0.25, -0.2) is 8.42 Å². The Morgan fingerprint density at radius 1 is 0.862 bits per heavy atom. The van der Waals surface area contributed by atoms with E-state index in [9.17, 15) is 8.42 Å². The van der Waals surface area contributed by atoms with Crippen molar-refractivity contribution in [2.75, 3.05) is 6.54 Å². The molecule has 3 aromatic rings. The molecule has 1 atom stereocenters. The lowest BCUT2D eigenvalue weighted by Crippen LogP contribution is -2.31. The van der Waals surface area contributed by atoms with Gasteiger partial charge in [-0.2, -0.15) is 4.31 Å². The van der Waals surface area contributed by atoms with Crippen molar-refractivity contribution in [3.8, 4) is 0 Å². The Morgan fingerprint density at radius 3 is 2.45 bits per heavy atom. The SMILES string of the molecule is O=S(=O)(c1ccc(C2CCCCC2)cc1)N1CCC[C@@H]1c1nnc2ccccn12. The summed E-state index contributed by atoms with van der Waals surface area (Å²) in [5.41, 5.74) is 2.01. The van der Waals surface area contributed by atoms with Gasteiger partial charge in [0.25, 0.3) is 0 Å². The van der Waals surface area contributed by atoms with E-state index in [0.717, 1.165) is 18.5 Å². The van der Waals surface area contributed by atoms with Crippen LogP contribution < -0.4 is 0 Å². The van der Waals surface area contributed by atoms with Crippen molar-refractivity contribution in [3.05, 3.63) is 60.0 Å². The summed E-state index contributed by atoms with van der Waals surface area (Å²) in [5, 5.41) is 8.52. The number of rotatable bonds is 4. The van der Waals surface area contributed by atoms with Crippen LogP contribution in [-0.4, -0.2) is 33.9 Å². The molecule has 0 unspecified atom stereocenters. The maximum atomic E-state index is 13.4. The van der Waals surface area contributed by atoms with Gasteiger partial charge in [0.05, 0.1) is 10.9 Å². The summed E-state index contributed by atoms with van der Waals surface area (Å²) < 4.78 is 30.4. The van der Waals surface area contributed by atoms with Crippen LogP contribution in [0.5, 0.6) is 0 Å². The molecule has 2 fully saturated rings. The minimum Gasteiger partial charge on any atom is -0.285 e. The Balaban J connectivity index is 1.44. The van der Waals surface area contributed by atoms with Gasteiger partial charge in [0.15, 0.2) is 11.5 Å². The van der Waals surface area contributed by atoms with Gasteiger partial charge < -0.3 is 0 Å². The second-order valence-corrected chi connectivity index (χ2v) is 10.1. The van der Waals surface area contributed by atoms with Gasteiger partial charge >= 0.3 is 0 Å². The lowest BCUT2D eigenvalue weighted by Gasteiger charge is -2.24. The molecular weight excluding hydrogens is 384 g/mol. The highest BCUT2D eigenvalue weighted by atomic mass is 32.2. The van der Waals surface area contributed by atoms with Crippen LogP contribution in [0.15, 0.2) is 53.6 Å². The molecule has 0 radical (unpaired) electrons. The predicted molar refractivity (Wildman–Crippen MR) is 111 cm³/mol. The Kier molecular flexibility index (Phi) is 4.87. The van der Waals surface area contributed by atoms with Crippen LogP contribution in [0, 0.1) is 0 Å². The van der Waals surface area contributed by atoms with Crippen LogP contribution in [0.2, 0.25) is 0 Å². The van der Waals surface area contributed by atoms with E-state index in [0.29, 0.717) is 23.2 Å². The molecule has 0 bridgehead atoms. The van der Waals surface area contributed by atoms with Gasteiger partial charge in [0, 0.05) is 12.7 Å². The molecule has 2 aromatic heterocycles. The fourth-order valence-electron chi connectivity index (χ4n) is 4.86. The number of hydrogen-bond donors (Lipinski definition) is 0. The van der Waals surface area contributed by atoms with Gasteiger partial charge in [-0.05, 0) is 61.4 Å². The monoisotopic (exact) mass is 410 g/mol. The van der Waals surface area contributed by atoms with Crippen molar-refractivity contribution in [1.82, 2.24) is 18.9 Å². The van der Waals surface area contributed by atoms with Crippen LogP contribution in [0.25, 0.3) is 5.65 Å². The molecule has 5 rings (SSSR count). The van der Waals surface area contributed by atoms with E-state index in [1.807, 2.05) is 40.9 Å². The Labute approximate surface area is 171 Å². The van der Waals surface area contributed by atoms with Crippen LogP contribution in [0.1, 0.15) is 68.3 Å². The minimum atomic E-state index is -3.58. The lowest BCUT2D eigenvalue weighted by molar-refractivity contribution is 0.381. The number of pyridine rings is 1. The molecule has 1 aliphatic carbocycles. The van der Waals surface area contributed by atoms with Crippen molar-refractivity contribution >= 4 is 15.7 Å². The van der Waals surface area contributed by atoms with E-state index >= 15 is 0 Å². The molecule has 2 aliphatic rings. The maximum Gasteiger partial charge on any atom is 0.243 e. The minimum absolute atomic E-state index is 0.282. The van der Waals surface area contributed by atoms with Crippen LogP contribution in [0.3, 0.4) is 0 Å². The van der Waals surface area contributed by atoms with Crippen molar-refractivity contribution in [1.29, 1.82) is 0 Å². The third kappa shape index (κ3) is 3.36. The molecule has 1 saturated carbocycles. The highest BCUT2D eigenvalue weighted by molar-refractivity contribution is 7.89. The topological polar surface area (TPSA) is 67.6 Å². The van der Waals surface area contributed by atoms with Gasteiger partial charge in [-0.3, -0.25) is 4.40 Å². The number of benzene rings is 1. The van der Waals surface area contributed by atoms with Gasteiger partial charge in [0.2, 0.25) is 10.0 Å². The molecule has 0 amide bonds. The number of nitrogens with zero attached hydrogens (tertiary/aromatic N) is 4. The van der Waals surface area contributed by atoms with Crippen LogP contribution in [-0.2, 0) is 10.0 Å². The third-order valence-electron chi connectivity index (χ3n) is 6.41. The second-order valence-electron chi connectivity index (χ2n) is 8.16. The van der Waals surface area contributed by atoms with E-state index in [2.05, 4.69) is 10.2 Å². The second kappa shape index (κ2) is 7.54. The summed E-state index contributed by atoms with van der Waals surface area (Å²) >= 11 is 0. The maximum absolute atomic E-state index is 13.4. The first-order valence-corrected chi connectivity index (χ1v) is 12.0. The first-order chi connectivity index (χ1) is 14.1. The van der Waals surface area contributed by atoms with E-state index in [1.54, 1.807) is 16.4 Å². The fourth-order valence-corrected chi connectivity index (χ4v) is 6.51. The number of fused-ring (bicyclic) bond motifs is 1.